The van der Waals surface area contributed by atoms with Crippen LogP contribution in [0.1, 0.15) is 35.3 Å². The standard InChI is InChI=1S/C21H18O5/c1-21(2)8-7-14-10-15(17(23)11-19(14)26-21)16(22)5-3-13-4-6-18-20(9-13)25-12-24-18/h3-11,23H,12H2,1-2H3/b5-3+. The van der Waals surface area contributed by atoms with Crippen molar-refractivity contribution in [2.24, 2.45) is 0 Å². The van der Waals surface area contributed by atoms with Gasteiger partial charge in [0.15, 0.2) is 17.3 Å². The van der Waals surface area contributed by atoms with Crippen LogP contribution in [-0.4, -0.2) is 23.3 Å². The molecular formula is C21H18O5. The maximum atomic E-state index is 12.5. The highest BCUT2D eigenvalue weighted by Crippen LogP contribution is 2.36. The van der Waals surface area contributed by atoms with Gasteiger partial charge in [-0.3, -0.25) is 4.79 Å². The van der Waals surface area contributed by atoms with Crippen molar-refractivity contribution in [2.45, 2.75) is 19.4 Å². The summed E-state index contributed by atoms with van der Waals surface area (Å²) in [7, 11) is 0. The molecule has 0 aliphatic carbocycles. The Labute approximate surface area is 151 Å². The molecule has 2 aliphatic heterocycles. The Morgan fingerprint density at radius 2 is 1.92 bits per heavy atom. The summed E-state index contributed by atoms with van der Waals surface area (Å²) in [6, 6.07) is 8.57. The summed E-state index contributed by atoms with van der Waals surface area (Å²) >= 11 is 0. The van der Waals surface area contributed by atoms with Gasteiger partial charge in [0, 0.05) is 11.6 Å². The molecule has 0 radical (unpaired) electrons. The number of rotatable bonds is 3. The van der Waals surface area contributed by atoms with Crippen LogP contribution in [0.2, 0.25) is 0 Å². The predicted molar refractivity (Wildman–Crippen MR) is 97.8 cm³/mol. The van der Waals surface area contributed by atoms with Crippen molar-refractivity contribution < 1.29 is 24.1 Å². The molecule has 1 N–H and O–H groups in total. The van der Waals surface area contributed by atoms with Crippen LogP contribution < -0.4 is 14.2 Å². The molecule has 2 aromatic rings. The minimum Gasteiger partial charge on any atom is -0.507 e. The minimum absolute atomic E-state index is 0.102. The average Bonchev–Trinajstić information content (AvgIpc) is 3.06. The number of phenolic OH excluding ortho intramolecular Hbond substituents is 1. The SMILES string of the molecule is CC1(C)C=Cc2cc(C(=O)/C=C/c3ccc4c(c3)OCO4)c(O)cc2O1. The van der Waals surface area contributed by atoms with Gasteiger partial charge in [0.2, 0.25) is 6.79 Å². The van der Waals surface area contributed by atoms with Crippen molar-refractivity contribution in [2.75, 3.05) is 6.79 Å². The molecule has 0 saturated heterocycles. The van der Waals surface area contributed by atoms with Gasteiger partial charge in [-0.05, 0) is 49.8 Å². The third-order valence-electron chi connectivity index (χ3n) is 4.25. The number of carbonyl (C=O) groups is 1. The molecule has 5 nitrogen and oxygen atoms in total. The molecule has 4 rings (SSSR count). The summed E-state index contributed by atoms with van der Waals surface area (Å²) in [6.07, 6.45) is 6.93. The van der Waals surface area contributed by atoms with Crippen molar-refractivity contribution >= 4 is 17.9 Å². The molecule has 0 atom stereocenters. The molecular weight excluding hydrogens is 332 g/mol. The van der Waals surface area contributed by atoms with Gasteiger partial charge >= 0.3 is 0 Å². The molecule has 2 aliphatic rings. The highest BCUT2D eigenvalue weighted by molar-refractivity contribution is 6.09. The van der Waals surface area contributed by atoms with Crippen molar-refractivity contribution in [1.29, 1.82) is 0 Å². The van der Waals surface area contributed by atoms with Gasteiger partial charge < -0.3 is 19.3 Å². The van der Waals surface area contributed by atoms with Crippen LogP contribution >= 0.6 is 0 Å². The van der Waals surface area contributed by atoms with E-state index in [9.17, 15) is 9.90 Å². The molecule has 0 aromatic heterocycles. The normalized spacial score (nSPS) is 16.4. The van der Waals surface area contributed by atoms with Crippen LogP contribution in [0.25, 0.3) is 12.2 Å². The third-order valence-corrected chi connectivity index (χ3v) is 4.25. The van der Waals surface area contributed by atoms with Crippen molar-refractivity contribution in [3.8, 4) is 23.0 Å². The number of ketones is 1. The van der Waals surface area contributed by atoms with Gasteiger partial charge in [0.25, 0.3) is 0 Å². The van der Waals surface area contributed by atoms with Gasteiger partial charge in [0.05, 0.1) is 5.56 Å². The van der Waals surface area contributed by atoms with E-state index in [1.807, 2.05) is 32.1 Å². The minimum atomic E-state index is -0.440. The summed E-state index contributed by atoms with van der Waals surface area (Å²) in [5.41, 5.74) is 1.37. The predicted octanol–water partition coefficient (Wildman–Crippen LogP) is 4.20. The number of hydrogen-bond acceptors (Lipinski definition) is 5. The second kappa shape index (κ2) is 5.95. The van der Waals surface area contributed by atoms with Crippen LogP contribution in [0.15, 0.2) is 42.5 Å². The van der Waals surface area contributed by atoms with E-state index in [1.165, 1.54) is 12.1 Å². The van der Waals surface area contributed by atoms with Gasteiger partial charge in [0.1, 0.15) is 17.1 Å². The topological polar surface area (TPSA) is 65.0 Å². The summed E-state index contributed by atoms with van der Waals surface area (Å²) in [4.78, 5) is 12.5. The third kappa shape index (κ3) is 3.04. The zero-order valence-electron chi connectivity index (χ0n) is 14.5. The lowest BCUT2D eigenvalue weighted by Crippen LogP contribution is -2.27. The fourth-order valence-electron chi connectivity index (χ4n) is 2.89. The zero-order chi connectivity index (χ0) is 18.3. The maximum Gasteiger partial charge on any atom is 0.231 e. The lowest BCUT2D eigenvalue weighted by Gasteiger charge is -2.28. The average molecular weight is 350 g/mol. The Kier molecular flexibility index (Phi) is 3.72. The molecule has 2 aromatic carbocycles. The molecule has 132 valence electrons. The van der Waals surface area contributed by atoms with E-state index in [0.717, 1.165) is 11.1 Å². The quantitative estimate of drug-likeness (QED) is 0.664. The smallest absolute Gasteiger partial charge is 0.231 e. The fourth-order valence-corrected chi connectivity index (χ4v) is 2.89. The number of hydrogen-bond donors (Lipinski definition) is 1. The van der Waals surface area contributed by atoms with E-state index in [4.69, 9.17) is 14.2 Å². The number of phenols is 1. The maximum absolute atomic E-state index is 12.5. The molecule has 0 amide bonds. The largest absolute Gasteiger partial charge is 0.507 e. The first-order chi connectivity index (χ1) is 12.4. The van der Waals surface area contributed by atoms with Crippen LogP contribution in [0, 0.1) is 0 Å². The van der Waals surface area contributed by atoms with E-state index in [2.05, 4.69) is 0 Å². The Hall–Kier alpha value is -3.21. The molecule has 0 bridgehead atoms. The molecule has 0 fully saturated rings. The Morgan fingerprint density at radius 3 is 2.77 bits per heavy atom. The van der Waals surface area contributed by atoms with Gasteiger partial charge in [-0.1, -0.05) is 18.2 Å². The molecule has 26 heavy (non-hydrogen) atoms. The monoisotopic (exact) mass is 350 g/mol. The van der Waals surface area contributed by atoms with Gasteiger partial charge in [-0.25, -0.2) is 0 Å². The summed E-state index contributed by atoms with van der Waals surface area (Å²) in [6.45, 7) is 4.06. The second-order valence-electron chi connectivity index (χ2n) is 6.76. The molecule has 5 heteroatoms. The number of benzene rings is 2. The molecule has 0 unspecified atom stereocenters. The number of carbonyl (C=O) groups excluding carboxylic acids is 1. The second-order valence-corrected chi connectivity index (χ2v) is 6.76. The summed E-state index contributed by atoms with van der Waals surface area (Å²) in [5.74, 6) is 1.51. The van der Waals surface area contributed by atoms with Crippen molar-refractivity contribution in [3.05, 3.63) is 59.2 Å². The summed E-state index contributed by atoms with van der Waals surface area (Å²) < 4.78 is 16.4. The molecule has 2 heterocycles. The van der Waals surface area contributed by atoms with Crippen LogP contribution in [0.5, 0.6) is 23.0 Å². The zero-order valence-corrected chi connectivity index (χ0v) is 14.5. The van der Waals surface area contributed by atoms with Crippen molar-refractivity contribution in [1.82, 2.24) is 0 Å². The number of ether oxygens (including phenoxy) is 3. The van der Waals surface area contributed by atoms with E-state index >= 15 is 0 Å². The van der Waals surface area contributed by atoms with Crippen LogP contribution in [0.3, 0.4) is 0 Å². The number of allylic oxidation sites excluding steroid dienone is 1. The Bertz CT molecular complexity index is 953. The van der Waals surface area contributed by atoms with E-state index in [1.54, 1.807) is 24.3 Å². The van der Waals surface area contributed by atoms with Crippen molar-refractivity contribution in [3.63, 3.8) is 0 Å². The van der Waals surface area contributed by atoms with Crippen LogP contribution in [0.4, 0.5) is 0 Å². The first-order valence-electron chi connectivity index (χ1n) is 8.29. The molecule has 0 saturated carbocycles. The van der Waals surface area contributed by atoms with Gasteiger partial charge in [-0.15, -0.1) is 0 Å². The fraction of sp³-hybridized carbons (Fsp3) is 0.190. The van der Waals surface area contributed by atoms with Crippen LogP contribution in [-0.2, 0) is 0 Å². The highest BCUT2D eigenvalue weighted by atomic mass is 16.7. The van der Waals surface area contributed by atoms with E-state index in [-0.39, 0.29) is 23.9 Å². The lowest BCUT2D eigenvalue weighted by molar-refractivity contribution is 0.104. The van der Waals surface area contributed by atoms with E-state index in [0.29, 0.717) is 17.2 Å². The van der Waals surface area contributed by atoms with E-state index < -0.39 is 5.60 Å². The summed E-state index contributed by atoms with van der Waals surface area (Å²) in [5, 5.41) is 10.2. The Morgan fingerprint density at radius 1 is 1.12 bits per heavy atom. The lowest BCUT2D eigenvalue weighted by atomic mass is 9.98. The highest BCUT2D eigenvalue weighted by Gasteiger charge is 2.24. The number of aromatic hydroxyl groups is 1. The molecule has 0 spiro atoms. The first kappa shape index (κ1) is 16.3. The number of fused-ring (bicyclic) bond motifs is 2. The Balaban J connectivity index is 1.59. The van der Waals surface area contributed by atoms with Gasteiger partial charge in [-0.2, -0.15) is 0 Å². The first-order valence-corrected chi connectivity index (χ1v) is 8.29.